The first kappa shape index (κ1) is 22.7. The van der Waals surface area contributed by atoms with Crippen LogP contribution in [0.5, 0.6) is 11.5 Å². The second kappa shape index (κ2) is 10.4. The van der Waals surface area contributed by atoms with E-state index < -0.39 is 0 Å². The van der Waals surface area contributed by atoms with Crippen LogP contribution in [-0.2, 0) is 4.79 Å². The number of amides is 1. The van der Waals surface area contributed by atoms with Crippen molar-refractivity contribution in [3.8, 4) is 11.5 Å². The number of amidine groups is 1. The van der Waals surface area contributed by atoms with Gasteiger partial charge >= 0.3 is 0 Å². The molecule has 1 fully saturated rings. The SMILES string of the molecule is CCCN1C(=O)/C(=C/c2cc(Br)c(OC)c(OCC)c2)SC1=Nc1ccc(Cl)cc1. The zero-order valence-corrected chi connectivity index (χ0v) is 20.1. The first-order chi connectivity index (χ1) is 14.5. The van der Waals surface area contributed by atoms with E-state index in [1.165, 1.54) is 11.8 Å². The number of hydrogen-bond acceptors (Lipinski definition) is 5. The number of benzene rings is 2. The van der Waals surface area contributed by atoms with Gasteiger partial charge in [0.05, 0.1) is 28.8 Å². The van der Waals surface area contributed by atoms with Gasteiger partial charge in [-0.2, -0.15) is 0 Å². The second-order valence-electron chi connectivity index (χ2n) is 6.41. The number of methoxy groups -OCH3 is 1. The fourth-order valence-corrected chi connectivity index (χ4v) is 4.69. The molecule has 1 heterocycles. The summed E-state index contributed by atoms with van der Waals surface area (Å²) in [5, 5.41) is 1.31. The number of rotatable bonds is 7. The highest BCUT2D eigenvalue weighted by molar-refractivity contribution is 9.10. The highest BCUT2D eigenvalue weighted by Gasteiger charge is 2.32. The van der Waals surface area contributed by atoms with Crippen molar-refractivity contribution in [1.29, 1.82) is 0 Å². The predicted octanol–water partition coefficient (Wildman–Crippen LogP) is 6.52. The number of ether oxygens (including phenoxy) is 2. The lowest BCUT2D eigenvalue weighted by Crippen LogP contribution is -2.29. The normalized spacial score (nSPS) is 16.6. The van der Waals surface area contributed by atoms with Crippen molar-refractivity contribution in [3.05, 3.63) is 56.4 Å². The summed E-state index contributed by atoms with van der Waals surface area (Å²) in [6.07, 6.45) is 2.69. The van der Waals surface area contributed by atoms with Crippen molar-refractivity contribution in [1.82, 2.24) is 4.90 Å². The summed E-state index contributed by atoms with van der Waals surface area (Å²) in [5.41, 5.74) is 1.59. The molecule has 1 saturated heterocycles. The Bertz CT molecular complexity index is 993. The number of carbonyl (C=O) groups is 1. The van der Waals surface area contributed by atoms with E-state index in [-0.39, 0.29) is 5.91 Å². The van der Waals surface area contributed by atoms with Crippen LogP contribution >= 0.6 is 39.3 Å². The number of carbonyl (C=O) groups excluding carboxylic acids is 1. The molecule has 3 rings (SSSR count). The number of nitrogens with zero attached hydrogens (tertiary/aromatic N) is 2. The molecule has 1 amide bonds. The van der Waals surface area contributed by atoms with E-state index in [1.54, 1.807) is 24.1 Å². The van der Waals surface area contributed by atoms with E-state index in [1.807, 2.05) is 44.2 Å². The fourth-order valence-electron chi connectivity index (χ4n) is 2.92. The third kappa shape index (κ3) is 5.20. The molecule has 2 aromatic rings. The van der Waals surface area contributed by atoms with E-state index in [0.717, 1.165) is 22.1 Å². The van der Waals surface area contributed by atoms with Gasteiger partial charge in [-0.1, -0.05) is 18.5 Å². The van der Waals surface area contributed by atoms with Crippen LogP contribution in [0.2, 0.25) is 5.02 Å². The topological polar surface area (TPSA) is 51.1 Å². The predicted molar refractivity (Wildman–Crippen MR) is 128 cm³/mol. The summed E-state index contributed by atoms with van der Waals surface area (Å²) in [5.74, 6) is 1.19. The molecule has 0 bridgehead atoms. The van der Waals surface area contributed by atoms with Gasteiger partial charge in [0.25, 0.3) is 5.91 Å². The van der Waals surface area contributed by atoms with Crippen LogP contribution in [0.15, 0.2) is 50.8 Å². The van der Waals surface area contributed by atoms with E-state index in [4.69, 9.17) is 21.1 Å². The zero-order valence-electron chi connectivity index (χ0n) is 16.9. The Morgan fingerprint density at radius 2 is 1.97 bits per heavy atom. The van der Waals surface area contributed by atoms with Crippen LogP contribution in [0, 0.1) is 0 Å². The third-order valence-corrected chi connectivity index (χ3v) is 6.07. The lowest BCUT2D eigenvalue weighted by atomic mass is 10.2. The maximum absolute atomic E-state index is 13.0. The molecule has 0 atom stereocenters. The van der Waals surface area contributed by atoms with E-state index >= 15 is 0 Å². The van der Waals surface area contributed by atoms with Crippen LogP contribution in [0.25, 0.3) is 6.08 Å². The molecular formula is C22H22BrClN2O3S. The number of aliphatic imine (C=N–C) groups is 1. The Morgan fingerprint density at radius 3 is 2.60 bits per heavy atom. The summed E-state index contributed by atoms with van der Waals surface area (Å²) >= 11 is 10.8. The Morgan fingerprint density at radius 1 is 1.23 bits per heavy atom. The fraction of sp³-hybridized carbons (Fsp3) is 0.273. The molecule has 0 unspecified atom stereocenters. The first-order valence-electron chi connectivity index (χ1n) is 9.52. The van der Waals surface area contributed by atoms with Gasteiger partial charge < -0.3 is 9.47 Å². The Labute approximate surface area is 194 Å². The Hall–Kier alpha value is -1.96. The summed E-state index contributed by atoms with van der Waals surface area (Å²) in [4.78, 5) is 20.0. The summed E-state index contributed by atoms with van der Waals surface area (Å²) in [6, 6.07) is 11.0. The zero-order chi connectivity index (χ0) is 21.7. The van der Waals surface area contributed by atoms with Gasteiger partial charge in [-0.15, -0.1) is 0 Å². The molecule has 0 aromatic heterocycles. The lowest BCUT2D eigenvalue weighted by molar-refractivity contribution is -0.122. The molecule has 0 saturated carbocycles. The molecule has 158 valence electrons. The maximum Gasteiger partial charge on any atom is 0.266 e. The van der Waals surface area contributed by atoms with Gasteiger partial charge in [0, 0.05) is 11.6 Å². The lowest BCUT2D eigenvalue weighted by Gasteiger charge is -2.14. The van der Waals surface area contributed by atoms with Gasteiger partial charge in [-0.05, 0) is 89.1 Å². The summed E-state index contributed by atoms with van der Waals surface area (Å²) in [7, 11) is 1.60. The molecule has 0 spiro atoms. The molecule has 1 aliphatic heterocycles. The quantitative estimate of drug-likeness (QED) is 0.399. The van der Waals surface area contributed by atoms with Gasteiger partial charge in [0.15, 0.2) is 16.7 Å². The van der Waals surface area contributed by atoms with Crippen LogP contribution in [0.1, 0.15) is 25.8 Å². The van der Waals surface area contributed by atoms with Gasteiger partial charge in [-0.3, -0.25) is 9.69 Å². The molecule has 0 radical (unpaired) electrons. The molecule has 2 aromatic carbocycles. The van der Waals surface area contributed by atoms with Crippen molar-refractivity contribution >= 4 is 62.1 Å². The highest BCUT2D eigenvalue weighted by atomic mass is 79.9. The van der Waals surface area contributed by atoms with Crippen molar-refractivity contribution in [2.45, 2.75) is 20.3 Å². The minimum Gasteiger partial charge on any atom is -0.492 e. The Kier molecular flexibility index (Phi) is 7.86. The summed E-state index contributed by atoms with van der Waals surface area (Å²) < 4.78 is 11.9. The molecule has 0 N–H and O–H groups in total. The average Bonchev–Trinajstić information content (AvgIpc) is 2.99. The monoisotopic (exact) mass is 508 g/mol. The highest BCUT2D eigenvalue weighted by Crippen LogP contribution is 2.39. The molecule has 0 aliphatic carbocycles. The van der Waals surface area contributed by atoms with Crippen LogP contribution in [0.3, 0.4) is 0 Å². The molecule has 8 heteroatoms. The standard InChI is InChI=1S/C22H22BrClN2O3S/c1-4-10-26-21(27)19(30-22(26)25-16-8-6-15(24)7-9-16)13-14-11-17(23)20(28-3)18(12-14)29-5-2/h6-9,11-13H,4-5,10H2,1-3H3/b19-13-,25-22?. The minimum absolute atomic E-state index is 0.0561. The average molecular weight is 510 g/mol. The van der Waals surface area contributed by atoms with Crippen LogP contribution in [-0.4, -0.2) is 36.2 Å². The number of halogens is 2. The van der Waals surface area contributed by atoms with E-state index in [2.05, 4.69) is 20.9 Å². The molecule has 5 nitrogen and oxygen atoms in total. The minimum atomic E-state index is -0.0561. The van der Waals surface area contributed by atoms with Crippen molar-refractivity contribution in [2.75, 3.05) is 20.3 Å². The van der Waals surface area contributed by atoms with Gasteiger partial charge in [-0.25, -0.2) is 4.99 Å². The van der Waals surface area contributed by atoms with E-state index in [0.29, 0.717) is 39.7 Å². The van der Waals surface area contributed by atoms with Crippen molar-refractivity contribution in [3.63, 3.8) is 0 Å². The van der Waals surface area contributed by atoms with Gasteiger partial charge in [0.1, 0.15) is 0 Å². The third-order valence-electron chi connectivity index (χ3n) is 4.22. The summed E-state index contributed by atoms with van der Waals surface area (Å²) in [6.45, 7) is 5.07. The van der Waals surface area contributed by atoms with Gasteiger partial charge in [0.2, 0.25) is 0 Å². The smallest absolute Gasteiger partial charge is 0.266 e. The number of hydrogen-bond donors (Lipinski definition) is 0. The Balaban J connectivity index is 1.97. The van der Waals surface area contributed by atoms with Crippen molar-refractivity contribution < 1.29 is 14.3 Å². The van der Waals surface area contributed by atoms with Crippen LogP contribution < -0.4 is 9.47 Å². The van der Waals surface area contributed by atoms with Crippen molar-refractivity contribution in [2.24, 2.45) is 4.99 Å². The largest absolute Gasteiger partial charge is 0.492 e. The number of thioether (sulfide) groups is 1. The molecule has 1 aliphatic rings. The second-order valence-corrected chi connectivity index (χ2v) is 8.71. The van der Waals surface area contributed by atoms with Crippen LogP contribution in [0.4, 0.5) is 5.69 Å². The van der Waals surface area contributed by atoms with E-state index in [9.17, 15) is 4.79 Å². The molecule has 30 heavy (non-hydrogen) atoms. The molecular weight excluding hydrogens is 488 g/mol. The maximum atomic E-state index is 13.0. The first-order valence-corrected chi connectivity index (χ1v) is 11.5.